The molecule has 0 atom stereocenters. The number of imidazole rings is 1. The summed E-state index contributed by atoms with van der Waals surface area (Å²) in [5, 5.41) is 0.461. The standard InChI is InChI=1S/C18H18ClN3O4/c1-4-26-17(23)7-11-10-22-16(21-11)5-6-20-18(22)12-8-14(24-2)15(25-3)9-13(12)19/h5-6,8-10H,4,7H2,1-3H3. The average molecular weight is 376 g/mol. The molecule has 3 aromatic rings. The molecule has 0 spiro atoms. The number of carbonyl (C=O) groups excluding carboxylic acids is 1. The summed E-state index contributed by atoms with van der Waals surface area (Å²) >= 11 is 6.42. The normalized spacial score (nSPS) is 10.8. The van der Waals surface area contributed by atoms with E-state index in [1.165, 1.54) is 0 Å². The summed E-state index contributed by atoms with van der Waals surface area (Å²) in [5.74, 6) is 1.32. The van der Waals surface area contributed by atoms with Crippen molar-refractivity contribution in [2.45, 2.75) is 13.3 Å². The van der Waals surface area contributed by atoms with Crippen molar-refractivity contribution in [1.29, 1.82) is 0 Å². The Kier molecular flexibility index (Phi) is 5.27. The summed E-state index contributed by atoms with van der Waals surface area (Å²) in [6.07, 6.45) is 3.48. The Labute approximate surface area is 155 Å². The monoisotopic (exact) mass is 375 g/mol. The van der Waals surface area contributed by atoms with Crippen LogP contribution in [0.15, 0.2) is 30.6 Å². The predicted octanol–water partition coefficient (Wildman–Crippen LogP) is 3.17. The van der Waals surface area contributed by atoms with Gasteiger partial charge in [-0.3, -0.25) is 9.20 Å². The van der Waals surface area contributed by atoms with Crippen LogP contribution in [0.25, 0.3) is 17.0 Å². The summed E-state index contributed by atoms with van der Waals surface area (Å²) in [4.78, 5) is 20.6. The molecule has 0 aliphatic carbocycles. The Morgan fingerprint density at radius 1 is 1.23 bits per heavy atom. The summed E-state index contributed by atoms with van der Waals surface area (Å²) < 4.78 is 17.4. The molecule has 0 aliphatic rings. The number of aromatic nitrogens is 3. The van der Waals surface area contributed by atoms with Crippen LogP contribution in [0.2, 0.25) is 5.02 Å². The maximum atomic E-state index is 11.7. The van der Waals surface area contributed by atoms with E-state index in [0.29, 0.717) is 45.9 Å². The van der Waals surface area contributed by atoms with Gasteiger partial charge >= 0.3 is 5.97 Å². The van der Waals surface area contributed by atoms with E-state index in [1.807, 2.05) is 0 Å². The van der Waals surface area contributed by atoms with E-state index in [-0.39, 0.29) is 12.4 Å². The Morgan fingerprint density at radius 2 is 1.96 bits per heavy atom. The number of halogens is 1. The van der Waals surface area contributed by atoms with Crippen LogP contribution < -0.4 is 9.47 Å². The molecule has 0 aliphatic heterocycles. The Hall–Kier alpha value is -2.80. The van der Waals surface area contributed by atoms with Gasteiger partial charge in [-0.25, -0.2) is 9.97 Å². The van der Waals surface area contributed by atoms with Crippen LogP contribution in [-0.4, -0.2) is 41.2 Å². The second kappa shape index (κ2) is 7.61. The van der Waals surface area contributed by atoms with Crippen LogP contribution in [0.5, 0.6) is 11.5 Å². The lowest BCUT2D eigenvalue weighted by Crippen LogP contribution is -2.07. The van der Waals surface area contributed by atoms with Crippen LogP contribution in [0.4, 0.5) is 0 Å². The highest BCUT2D eigenvalue weighted by Gasteiger charge is 2.16. The number of hydrogen-bond acceptors (Lipinski definition) is 6. The smallest absolute Gasteiger partial charge is 0.311 e. The van der Waals surface area contributed by atoms with Crippen LogP contribution in [0.3, 0.4) is 0 Å². The molecular formula is C18H18ClN3O4. The third-order valence-electron chi connectivity index (χ3n) is 3.78. The van der Waals surface area contributed by atoms with Gasteiger partial charge in [0, 0.05) is 24.0 Å². The number of esters is 1. The molecule has 0 saturated heterocycles. The topological polar surface area (TPSA) is 75.0 Å². The Bertz CT molecular complexity index is 955. The molecule has 26 heavy (non-hydrogen) atoms. The average Bonchev–Trinajstić information content (AvgIpc) is 3.03. The van der Waals surface area contributed by atoms with Gasteiger partial charge in [-0.05, 0) is 19.1 Å². The van der Waals surface area contributed by atoms with Gasteiger partial charge in [0.25, 0.3) is 0 Å². The fourth-order valence-electron chi connectivity index (χ4n) is 2.64. The predicted molar refractivity (Wildman–Crippen MR) is 96.9 cm³/mol. The maximum Gasteiger partial charge on any atom is 0.311 e. The lowest BCUT2D eigenvalue weighted by atomic mass is 10.1. The molecule has 2 aromatic heterocycles. The number of methoxy groups -OCH3 is 2. The van der Waals surface area contributed by atoms with Crippen LogP contribution in [-0.2, 0) is 16.0 Å². The number of nitrogens with zero attached hydrogens (tertiary/aromatic N) is 3. The number of hydrogen-bond donors (Lipinski definition) is 0. The van der Waals surface area contributed by atoms with Gasteiger partial charge in [0.05, 0.1) is 38.0 Å². The van der Waals surface area contributed by atoms with E-state index in [1.54, 1.807) is 56.1 Å². The quantitative estimate of drug-likeness (QED) is 0.616. The molecule has 0 N–H and O–H groups in total. The van der Waals surface area contributed by atoms with Crippen molar-refractivity contribution in [3.63, 3.8) is 0 Å². The number of fused-ring (bicyclic) bond motifs is 1. The van der Waals surface area contributed by atoms with E-state index in [9.17, 15) is 4.79 Å². The van der Waals surface area contributed by atoms with Crippen molar-refractivity contribution in [2.75, 3.05) is 20.8 Å². The highest BCUT2D eigenvalue weighted by atomic mass is 35.5. The largest absolute Gasteiger partial charge is 0.493 e. The summed E-state index contributed by atoms with van der Waals surface area (Å²) in [6.45, 7) is 2.10. The lowest BCUT2D eigenvalue weighted by Gasteiger charge is -2.12. The molecule has 0 amide bonds. The van der Waals surface area contributed by atoms with Crippen LogP contribution >= 0.6 is 11.6 Å². The molecule has 8 heteroatoms. The van der Waals surface area contributed by atoms with Crippen LogP contribution in [0.1, 0.15) is 12.6 Å². The first-order valence-electron chi connectivity index (χ1n) is 7.97. The molecule has 136 valence electrons. The zero-order valence-electron chi connectivity index (χ0n) is 14.7. The highest BCUT2D eigenvalue weighted by Crippen LogP contribution is 2.37. The molecule has 3 rings (SSSR count). The SMILES string of the molecule is CCOC(=O)Cc1cn2c(-c3cc(OC)c(OC)cc3Cl)nccc2n1. The summed E-state index contributed by atoms with van der Waals surface area (Å²) in [5.41, 5.74) is 1.91. The first kappa shape index (κ1) is 18.0. The molecular weight excluding hydrogens is 358 g/mol. The maximum absolute atomic E-state index is 11.7. The Balaban J connectivity index is 2.08. The lowest BCUT2D eigenvalue weighted by molar-refractivity contribution is -0.142. The van der Waals surface area contributed by atoms with E-state index in [4.69, 9.17) is 25.8 Å². The van der Waals surface area contributed by atoms with Gasteiger partial charge in [0.15, 0.2) is 11.5 Å². The molecule has 1 aromatic carbocycles. The zero-order chi connectivity index (χ0) is 18.7. The number of carbonyl (C=O) groups is 1. The third-order valence-corrected chi connectivity index (χ3v) is 4.09. The Morgan fingerprint density at radius 3 is 2.65 bits per heavy atom. The van der Waals surface area contributed by atoms with Gasteiger partial charge in [-0.1, -0.05) is 11.6 Å². The van der Waals surface area contributed by atoms with Gasteiger partial charge in [0.1, 0.15) is 11.5 Å². The molecule has 0 unspecified atom stereocenters. The summed E-state index contributed by atoms with van der Waals surface area (Å²) in [7, 11) is 3.10. The van der Waals surface area contributed by atoms with E-state index < -0.39 is 0 Å². The van der Waals surface area contributed by atoms with E-state index in [0.717, 1.165) is 0 Å². The fraction of sp³-hybridized carbons (Fsp3) is 0.278. The van der Waals surface area contributed by atoms with E-state index >= 15 is 0 Å². The van der Waals surface area contributed by atoms with Crippen LogP contribution in [0, 0.1) is 0 Å². The van der Waals surface area contributed by atoms with Gasteiger partial charge < -0.3 is 14.2 Å². The molecule has 0 radical (unpaired) electrons. The first-order valence-corrected chi connectivity index (χ1v) is 8.35. The van der Waals surface area contributed by atoms with Crippen molar-refractivity contribution in [3.05, 3.63) is 41.3 Å². The van der Waals surface area contributed by atoms with Gasteiger partial charge in [-0.2, -0.15) is 0 Å². The number of ether oxygens (including phenoxy) is 3. The van der Waals surface area contributed by atoms with Gasteiger partial charge in [0.2, 0.25) is 0 Å². The molecule has 0 saturated carbocycles. The zero-order valence-corrected chi connectivity index (χ0v) is 15.4. The first-order chi connectivity index (χ1) is 12.6. The minimum Gasteiger partial charge on any atom is -0.493 e. The molecule has 2 heterocycles. The highest BCUT2D eigenvalue weighted by molar-refractivity contribution is 6.33. The van der Waals surface area contributed by atoms with E-state index in [2.05, 4.69) is 9.97 Å². The minimum atomic E-state index is -0.324. The summed E-state index contributed by atoms with van der Waals surface area (Å²) in [6, 6.07) is 5.19. The van der Waals surface area contributed by atoms with Crippen molar-refractivity contribution >= 4 is 23.2 Å². The van der Waals surface area contributed by atoms with Gasteiger partial charge in [-0.15, -0.1) is 0 Å². The fourth-order valence-corrected chi connectivity index (χ4v) is 2.88. The molecule has 0 fully saturated rings. The van der Waals surface area contributed by atoms with Crippen molar-refractivity contribution in [1.82, 2.24) is 14.4 Å². The number of rotatable bonds is 6. The molecule has 0 bridgehead atoms. The second-order valence-electron chi connectivity index (χ2n) is 5.40. The minimum absolute atomic E-state index is 0.0919. The van der Waals surface area contributed by atoms with Crippen molar-refractivity contribution in [3.8, 4) is 22.9 Å². The van der Waals surface area contributed by atoms with Crippen molar-refractivity contribution in [2.24, 2.45) is 0 Å². The third kappa shape index (κ3) is 3.43. The van der Waals surface area contributed by atoms with Crippen molar-refractivity contribution < 1.29 is 19.0 Å². The second-order valence-corrected chi connectivity index (χ2v) is 5.80. The molecule has 7 nitrogen and oxygen atoms in total. The number of benzene rings is 1.